The number of likely N-dealkylation sites (tertiary alicyclic amines) is 1. The van der Waals surface area contributed by atoms with Crippen LogP contribution in [0.3, 0.4) is 0 Å². The average molecular weight is 364 g/mol. The molecule has 2 aromatic rings. The lowest BCUT2D eigenvalue weighted by atomic mass is 9.87. The van der Waals surface area contributed by atoms with Crippen molar-refractivity contribution in [2.45, 2.75) is 25.3 Å². The molecule has 1 spiro atoms. The lowest BCUT2D eigenvalue weighted by molar-refractivity contribution is -0.122. The summed E-state index contributed by atoms with van der Waals surface area (Å²) in [5.41, 5.74) is 2.68. The Morgan fingerprint density at radius 3 is 2.52 bits per heavy atom. The van der Waals surface area contributed by atoms with Gasteiger partial charge in [-0.15, -0.1) is 0 Å². The van der Waals surface area contributed by atoms with Crippen LogP contribution in [0.4, 0.5) is 0 Å². The summed E-state index contributed by atoms with van der Waals surface area (Å²) >= 11 is 0. The Hall–Kier alpha value is -2.17. The van der Waals surface area contributed by atoms with Gasteiger partial charge in [-0.1, -0.05) is 60.7 Å². The Morgan fingerprint density at radius 1 is 1.07 bits per heavy atom. The molecule has 27 heavy (non-hydrogen) atoms. The van der Waals surface area contributed by atoms with E-state index in [1.165, 1.54) is 5.56 Å². The molecule has 0 bridgehead atoms. The summed E-state index contributed by atoms with van der Waals surface area (Å²) in [6.07, 6.45) is 3.08. The zero-order valence-electron chi connectivity index (χ0n) is 15.8. The van der Waals surface area contributed by atoms with E-state index in [1.54, 1.807) is 0 Å². The van der Waals surface area contributed by atoms with Crippen molar-refractivity contribution in [2.75, 3.05) is 32.8 Å². The van der Waals surface area contributed by atoms with Crippen LogP contribution in [0.1, 0.15) is 30.0 Å². The van der Waals surface area contributed by atoms with Crippen molar-refractivity contribution in [3.8, 4) is 0 Å². The van der Waals surface area contributed by atoms with Crippen LogP contribution < -0.4 is 5.32 Å². The predicted octanol–water partition coefficient (Wildman–Crippen LogP) is 3.20. The average Bonchev–Trinajstić information content (AvgIpc) is 3.32. The minimum Gasteiger partial charge on any atom is -0.381 e. The van der Waals surface area contributed by atoms with E-state index in [9.17, 15) is 4.79 Å². The molecule has 4 rings (SSSR count). The Bertz CT molecular complexity index is 741. The SMILES string of the molecule is O=C(CN1CCC2(CCOC2)C1)NC(Cc1ccccc1)c1ccccc1. The normalized spacial score (nSPS) is 23.6. The van der Waals surface area contributed by atoms with Crippen LogP contribution in [-0.4, -0.2) is 43.7 Å². The van der Waals surface area contributed by atoms with E-state index in [0.717, 1.165) is 51.1 Å². The van der Waals surface area contributed by atoms with E-state index in [4.69, 9.17) is 4.74 Å². The second-order valence-electron chi connectivity index (χ2n) is 7.98. The first-order valence-electron chi connectivity index (χ1n) is 9.91. The van der Waals surface area contributed by atoms with Crippen LogP contribution in [0.15, 0.2) is 60.7 Å². The molecule has 4 heteroatoms. The van der Waals surface area contributed by atoms with E-state index in [-0.39, 0.29) is 11.9 Å². The van der Waals surface area contributed by atoms with Gasteiger partial charge in [0.15, 0.2) is 0 Å². The molecular formula is C23H28N2O2. The third-order valence-corrected chi connectivity index (χ3v) is 5.89. The van der Waals surface area contributed by atoms with Gasteiger partial charge in [0.25, 0.3) is 0 Å². The van der Waals surface area contributed by atoms with Crippen molar-refractivity contribution in [3.05, 3.63) is 71.8 Å². The van der Waals surface area contributed by atoms with E-state index >= 15 is 0 Å². The molecule has 2 aliphatic heterocycles. The van der Waals surface area contributed by atoms with Gasteiger partial charge in [-0.3, -0.25) is 9.69 Å². The van der Waals surface area contributed by atoms with Gasteiger partial charge >= 0.3 is 0 Å². The maximum atomic E-state index is 12.8. The number of hydrogen-bond donors (Lipinski definition) is 1. The zero-order chi connectivity index (χ0) is 18.5. The molecule has 0 aromatic heterocycles. The van der Waals surface area contributed by atoms with Gasteiger partial charge in [0.05, 0.1) is 19.2 Å². The van der Waals surface area contributed by atoms with E-state index in [1.807, 2.05) is 36.4 Å². The van der Waals surface area contributed by atoms with Gasteiger partial charge < -0.3 is 10.1 Å². The van der Waals surface area contributed by atoms with Crippen LogP contribution in [0.2, 0.25) is 0 Å². The third-order valence-electron chi connectivity index (χ3n) is 5.89. The molecule has 0 saturated carbocycles. The highest BCUT2D eigenvalue weighted by molar-refractivity contribution is 5.78. The summed E-state index contributed by atoms with van der Waals surface area (Å²) < 4.78 is 5.60. The maximum absolute atomic E-state index is 12.8. The summed E-state index contributed by atoms with van der Waals surface area (Å²) in [7, 11) is 0. The van der Waals surface area contributed by atoms with Crippen molar-refractivity contribution in [2.24, 2.45) is 5.41 Å². The van der Waals surface area contributed by atoms with Crippen molar-refractivity contribution < 1.29 is 9.53 Å². The Morgan fingerprint density at radius 2 is 1.81 bits per heavy atom. The fourth-order valence-corrected chi connectivity index (χ4v) is 4.36. The molecule has 0 radical (unpaired) electrons. The van der Waals surface area contributed by atoms with Crippen molar-refractivity contribution in [1.82, 2.24) is 10.2 Å². The van der Waals surface area contributed by atoms with Gasteiger partial charge in [0.1, 0.15) is 0 Å². The second kappa shape index (κ2) is 8.24. The molecule has 2 saturated heterocycles. The summed E-state index contributed by atoms with van der Waals surface area (Å²) in [6.45, 7) is 4.17. The lowest BCUT2D eigenvalue weighted by Crippen LogP contribution is -2.39. The minimum absolute atomic E-state index is 0.00697. The predicted molar refractivity (Wildman–Crippen MR) is 106 cm³/mol. The molecule has 142 valence electrons. The number of hydrogen-bond acceptors (Lipinski definition) is 3. The highest BCUT2D eigenvalue weighted by atomic mass is 16.5. The first kappa shape index (κ1) is 18.2. The van der Waals surface area contributed by atoms with Crippen LogP contribution in [0.25, 0.3) is 0 Å². The van der Waals surface area contributed by atoms with Crippen LogP contribution >= 0.6 is 0 Å². The first-order chi connectivity index (χ1) is 13.2. The van der Waals surface area contributed by atoms with Crippen LogP contribution in [0, 0.1) is 5.41 Å². The molecule has 4 nitrogen and oxygen atoms in total. The topological polar surface area (TPSA) is 41.6 Å². The van der Waals surface area contributed by atoms with Crippen LogP contribution in [-0.2, 0) is 16.0 Å². The number of ether oxygens (including phenoxy) is 1. The highest BCUT2D eigenvalue weighted by Crippen LogP contribution is 2.37. The largest absolute Gasteiger partial charge is 0.381 e. The van der Waals surface area contributed by atoms with Gasteiger partial charge in [0, 0.05) is 18.6 Å². The number of benzene rings is 2. The Labute approximate surface area is 161 Å². The van der Waals surface area contributed by atoms with Crippen LogP contribution in [0.5, 0.6) is 0 Å². The molecule has 2 aromatic carbocycles. The molecule has 1 amide bonds. The Balaban J connectivity index is 1.39. The molecule has 2 unspecified atom stereocenters. The van der Waals surface area contributed by atoms with E-state index < -0.39 is 0 Å². The summed E-state index contributed by atoms with van der Waals surface area (Å²) in [4.78, 5) is 15.1. The van der Waals surface area contributed by atoms with Crippen molar-refractivity contribution in [1.29, 1.82) is 0 Å². The van der Waals surface area contributed by atoms with Gasteiger partial charge in [-0.25, -0.2) is 0 Å². The number of carbonyl (C=O) groups is 1. The smallest absolute Gasteiger partial charge is 0.234 e. The summed E-state index contributed by atoms with van der Waals surface area (Å²) in [5.74, 6) is 0.107. The molecule has 1 N–H and O–H groups in total. The fraction of sp³-hybridized carbons (Fsp3) is 0.435. The molecule has 2 aliphatic rings. The van der Waals surface area contributed by atoms with Crippen molar-refractivity contribution >= 4 is 5.91 Å². The zero-order valence-corrected chi connectivity index (χ0v) is 15.8. The number of nitrogens with one attached hydrogen (secondary N) is 1. The molecular weight excluding hydrogens is 336 g/mol. The first-order valence-corrected chi connectivity index (χ1v) is 9.91. The number of rotatable bonds is 6. The standard InChI is InChI=1S/C23H28N2O2/c26-22(16-25-13-11-23(17-25)12-14-27-18-23)24-21(20-9-5-2-6-10-20)15-19-7-3-1-4-8-19/h1-10,21H,11-18H2,(H,24,26). The molecule has 2 atom stereocenters. The maximum Gasteiger partial charge on any atom is 0.234 e. The van der Waals surface area contributed by atoms with E-state index in [0.29, 0.717) is 12.0 Å². The lowest BCUT2D eigenvalue weighted by Gasteiger charge is -2.24. The summed E-state index contributed by atoms with van der Waals surface area (Å²) in [5, 5.41) is 3.28. The highest BCUT2D eigenvalue weighted by Gasteiger charge is 2.41. The number of carbonyl (C=O) groups excluding carboxylic acids is 1. The minimum atomic E-state index is -0.00697. The van der Waals surface area contributed by atoms with Crippen molar-refractivity contribution in [3.63, 3.8) is 0 Å². The number of nitrogens with zero attached hydrogens (tertiary/aromatic N) is 1. The molecule has 0 aliphatic carbocycles. The van der Waals surface area contributed by atoms with E-state index in [2.05, 4.69) is 34.5 Å². The Kier molecular flexibility index (Phi) is 5.55. The summed E-state index contributed by atoms with van der Waals surface area (Å²) in [6, 6.07) is 20.6. The third kappa shape index (κ3) is 4.57. The molecule has 2 heterocycles. The monoisotopic (exact) mass is 364 g/mol. The quantitative estimate of drug-likeness (QED) is 0.856. The number of amides is 1. The van der Waals surface area contributed by atoms with Gasteiger partial charge in [-0.2, -0.15) is 0 Å². The fourth-order valence-electron chi connectivity index (χ4n) is 4.36. The molecule has 2 fully saturated rings. The second-order valence-corrected chi connectivity index (χ2v) is 7.98. The van der Waals surface area contributed by atoms with Gasteiger partial charge in [-0.05, 0) is 36.9 Å². The van der Waals surface area contributed by atoms with Gasteiger partial charge in [0.2, 0.25) is 5.91 Å².